The zero-order valence-electron chi connectivity index (χ0n) is 19.1. The van der Waals surface area contributed by atoms with Crippen LogP contribution < -0.4 is 4.74 Å². The van der Waals surface area contributed by atoms with Crippen molar-refractivity contribution in [3.63, 3.8) is 0 Å². The van der Waals surface area contributed by atoms with Gasteiger partial charge in [-0.1, -0.05) is 82.6 Å². The van der Waals surface area contributed by atoms with Crippen LogP contribution in [-0.2, 0) is 11.2 Å². The molecular weight excluding hydrogens is 356 g/mol. The van der Waals surface area contributed by atoms with E-state index in [1.807, 2.05) is 0 Å². The van der Waals surface area contributed by atoms with Gasteiger partial charge in [-0.2, -0.15) is 0 Å². The molecule has 1 aliphatic heterocycles. The summed E-state index contributed by atoms with van der Waals surface area (Å²) in [4.78, 5) is 0. The van der Waals surface area contributed by atoms with Gasteiger partial charge >= 0.3 is 0 Å². The summed E-state index contributed by atoms with van der Waals surface area (Å²) >= 11 is 0. The van der Waals surface area contributed by atoms with Crippen molar-refractivity contribution in [3.05, 3.63) is 42.0 Å². The zero-order chi connectivity index (χ0) is 20.6. The number of epoxide rings is 1. The number of hydrogen-bond donors (Lipinski definition) is 0. The molecule has 1 heterocycles. The van der Waals surface area contributed by atoms with Crippen LogP contribution in [0, 0.1) is 0 Å². The van der Waals surface area contributed by atoms with E-state index >= 15 is 0 Å². The summed E-state index contributed by atoms with van der Waals surface area (Å²) in [5, 5.41) is 0. The van der Waals surface area contributed by atoms with Crippen molar-refractivity contribution < 1.29 is 9.47 Å². The SMILES string of the molecule is CCCCC/C=C/CCCCCCCCCCc1ccc(OCC2(C)CO2)cc1. The molecule has 1 saturated heterocycles. The minimum atomic E-state index is -0.0381. The molecule has 0 radical (unpaired) electrons. The first-order chi connectivity index (χ1) is 14.2. The number of unbranched alkanes of at least 4 members (excludes halogenated alkanes) is 11. The fourth-order valence-corrected chi connectivity index (χ4v) is 3.59. The van der Waals surface area contributed by atoms with Gasteiger partial charge in [0.25, 0.3) is 0 Å². The van der Waals surface area contributed by atoms with Gasteiger partial charge in [-0.15, -0.1) is 0 Å². The fraction of sp³-hybridized carbons (Fsp3) is 0.704. The van der Waals surface area contributed by atoms with Crippen molar-refractivity contribution in [1.82, 2.24) is 0 Å². The van der Waals surface area contributed by atoms with Gasteiger partial charge in [0.05, 0.1) is 6.61 Å². The molecule has 164 valence electrons. The summed E-state index contributed by atoms with van der Waals surface area (Å²) in [7, 11) is 0. The second kappa shape index (κ2) is 14.7. The molecule has 29 heavy (non-hydrogen) atoms. The third-order valence-corrected chi connectivity index (χ3v) is 5.83. The Morgan fingerprint density at radius 3 is 1.97 bits per heavy atom. The second-order valence-corrected chi connectivity index (χ2v) is 9.01. The van der Waals surface area contributed by atoms with Gasteiger partial charge < -0.3 is 9.47 Å². The van der Waals surface area contributed by atoms with Crippen molar-refractivity contribution in [2.45, 2.75) is 109 Å². The van der Waals surface area contributed by atoms with Crippen LogP contribution in [0.25, 0.3) is 0 Å². The molecule has 0 saturated carbocycles. The number of aryl methyl sites for hydroxylation is 1. The Morgan fingerprint density at radius 2 is 1.38 bits per heavy atom. The summed E-state index contributed by atoms with van der Waals surface area (Å²) in [5.41, 5.74) is 1.39. The van der Waals surface area contributed by atoms with Gasteiger partial charge in [-0.05, 0) is 63.1 Å². The first kappa shape index (κ1) is 24.0. The predicted octanol–water partition coefficient (Wildman–Crippen LogP) is 8.04. The molecular formula is C27H44O2. The summed E-state index contributed by atoms with van der Waals surface area (Å²) < 4.78 is 11.1. The lowest BCUT2D eigenvalue weighted by molar-refractivity contribution is 0.202. The molecule has 0 spiro atoms. The summed E-state index contributed by atoms with van der Waals surface area (Å²) in [6.45, 7) is 5.84. The highest BCUT2D eigenvalue weighted by atomic mass is 16.6. The molecule has 0 amide bonds. The van der Waals surface area contributed by atoms with Crippen molar-refractivity contribution in [3.8, 4) is 5.75 Å². The molecule has 1 fully saturated rings. The highest BCUT2D eigenvalue weighted by Crippen LogP contribution is 2.27. The minimum Gasteiger partial charge on any atom is -0.491 e. The summed E-state index contributed by atoms with van der Waals surface area (Å²) in [6, 6.07) is 8.62. The summed E-state index contributed by atoms with van der Waals surface area (Å²) in [6.07, 6.45) is 23.6. The van der Waals surface area contributed by atoms with Crippen LogP contribution in [0.3, 0.4) is 0 Å². The Kier molecular flexibility index (Phi) is 12.1. The number of hydrogen-bond acceptors (Lipinski definition) is 2. The second-order valence-electron chi connectivity index (χ2n) is 9.01. The standard InChI is InChI=1S/C27H44O2/c1-3-4-5-6-7-8-9-10-11-12-13-14-15-16-17-18-25-19-21-26(22-20-25)28-23-27(2)24-29-27/h7-8,19-22H,3-6,9-18,23-24H2,1-2H3/b8-7+. The third-order valence-electron chi connectivity index (χ3n) is 5.83. The maximum Gasteiger partial charge on any atom is 0.123 e. The Bertz CT molecular complexity index is 542. The van der Waals surface area contributed by atoms with E-state index in [1.165, 1.54) is 95.5 Å². The van der Waals surface area contributed by atoms with E-state index in [0.29, 0.717) is 6.61 Å². The van der Waals surface area contributed by atoms with E-state index in [2.05, 4.69) is 50.3 Å². The third kappa shape index (κ3) is 12.1. The maximum absolute atomic E-state index is 5.79. The molecule has 0 aliphatic carbocycles. The molecule has 1 unspecified atom stereocenters. The minimum absolute atomic E-state index is 0.0381. The molecule has 1 atom stereocenters. The predicted molar refractivity (Wildman–Crippen MR) is 125 cm³/mol. The van der Waals surface area contributed by atoms with E-state index in [-0.39, 0.29) is 5.60 Å². The molecule has 0 N–H and O–H groups in total. The van der Waals surface area contributed by atoms with Gasteiger partial charge in [-0.25, -0.2) is 0 Å². The monoisotopic (exact) mass is 400 g/mol. The number of allylic oxidation sites excluding steroid dienone is 2. The van der Waals surface area contributed by atoms with Gasteiger partial charge in [0.15, 0.2) is 0 Å². The van der Waals surface area contributed by atoms with Gasteiger partial charge in [0.1, 0.15) is 18.0 Å². The van der Waals surface area contributed by atoms with E-state index in [1.54, 1.807) is 0 Å². The Morgan fingerprint density at radius 1 is 0.828 bits per heavy atom. The van der Waals surface area contributed by atoms with E-state index in [9.17, 15) is 0 Å². The highest BCUT2D eigenvalue weighted by Gasteiger charge is 2.40. The average molecular weight is 401 g/mol. The molecule has 0 aromatic heterocycles. The topological polar surface area (TPSA) is 21.8 Å². The molecule has 0 bridgehead atoms. The van der Waals surface area contributed by atoms with E-state index in [4.69, 9.17) is 9.47 Å². The van der Waals surface area contributed by atoms with Crippen LogP contribution in [0.5, 0.6) is 5.75 Å². The van der Waals surface area contributed by atoms with Crippen LogP contribution >= 0.6 is 0 Å². The first-order valence-electron chi connectivity index (χ1n) is 12.2. The fourth-order valence-electron chi connectivity index (χ4n) is 3.59. The lowest BCUT2D eigenvalue weighted by Crippen LogP contribution is -2.16. The Labute approximate surface area is 180 Å². The van der Waals surface area contributed by atoms with E-state index in [0.717, 1.165) is 12.4 Å². The lowest BCUT2D eigenvalue weighted by Gasteiger charge is -2.09. The molecule has 2 heteroatoms. The molecule has 1 aromatic carbocycles. The first-order valence-corrected chi connectivity index (χ1v) is 12.2. The molecule has 1 aliphatic rings. The van der Waals surface area contributed by atoms with Crippen LogP contribution in [0.2, 0.25) is 0 Å². The average Bonchev–Trinajstić information content (AvgIpc) is 3.48. The van der Waals surface area contributed by atoms with Crippen LogP contribution in [0.1, 0.15) is 103 Å². The molecule has 2 nitrogen and oxygen atoms in total. The highest BCUT2D eigenvalue weighted by molar-refractivity contribution is 5.27. The van der Waals surface area contributed by atoms with Crippen molar-refractivity contribution in [2.75, 3.05) is 13.2 Å². The number of ether oxygens (including phenoxy) is 2. The number of benzene rings is 1. The number of rotatable bonds is 18. The smallest absolute Gasteiger partial charge is 0.123 e. The Balaban J connectivity index is 1.36. The van der Waals surface area contributed by atoms with E-state index < -0.39 is 0 Å². The lowest BCUT2D eigenvalue weighted by atomic mass is 10.0. The molecule has 1 aromatic rings. The van der Waals surface area contributed by atoms with Gasteiger partial charge in [-0.3, -0.25) is 0 Å². The zero-order valence-corrected chi connectivity index (χ0v) is 19.1. The maximum atomic E-state index is 5.79. The molecule has 2 rings (SSSR count). The Hall–Kier alpha value is -1.28. The largest absolute Gasteiger partial charge is 0.491 e. The van der Waals surface area contributed by atoms with Crippen molar-refractivity contribution in [2.24, 2.45) is 0 Å². The van der Waals surface area contributed by atoms with Gasteiger partial charge in [0.2, 0.25) is 0 Å². The summed E-state index contributed by atoms with van der Waals surface area (Å²) in [5.74, 6) is 0.956. The van der Waals surface area contributed by atoms with Gasteiger partial charge in [0, 0.05) is 0 Å². The van der Waals surface area contributed by atoms with Crippen LogP contribution in [-0.4, -0.2) is 18.8 Å². The van der Waals surface area contributed by atoms with Crippen molar-refractivity contribution >= 4 is 0 Å². The van der Waals surface area contributed by atoms with Crippen LogP contribution in [0.15, 0.2) is 36.4 Å². The van der Waals surface area contributed by atoms with Crippen molar-refractivity contribution in [1.29, 1.82) is 0 Å². The quantitative estimate of drug-likeness (QED) is 0.141. The normalized spacial score (nSPS) is 18.4. The van der Waals surface area contributed by atoms with Crippen LogP contribution in [0.4, 0.5) is 0 Å².